The number of benzene rings is 1. The van der Waals surface area contributed by atoms with Gasteiger partial charge in [0.15, 0.2) is 0 Å². The monoisotopic (exact) mass is 312 g/mol. The van der Waals surface area contributed by atoms with Crippen LogP contribution < -0.4 is 4.74 Å². The molecule has 1 rings (SSSR count). The smallest absolute Gasteiger partial charge is 0.245 e. The van der Waals surface area contributed by atoms with Gasteiger partial charge < -0.3 is 4.74 Å². The Bertz CT molecular complexity index is 510. The van der Waals surface area contributed by atoms with Gasteiger partial charge in [0.2, 0.25) is 10.0 Å². The van der Waals surface area contributed by atoms with Crippen molar-refractivity contribution in [3.05, 3.63) is 22.2 Å². The number of hydrogen-bond donors (Lipinski definition) is 0. The van der Waals surface area contributed by atoms with Gasteiger partial charge in [0.1, 0.15) is 10.6 Å². The molecule has 0 aliphatic heterocycles. The Morgan fingerprint density at radius 1 is 1.28 bits per heavy atom. The first-order valence-corrected chi connectivity index (χ1v) is 7.11. The molecule has 0 saturated heterocycles. The predicted octanol–water partition coefficient (Wildman–Crippen LogP) is 2.05. The van der Waals surface area contributed by atoms with Gasteiger partial charge >= 0.3 is 0 Å². The first kappa shape index (κ1) is 15.5. The standard InChI is InChI=1S/C10H12Cl2NO4S/c1-13(3-4-14)18(15,16)10-8(11)5-7(17-2)6-9(10)12/h5-6H,3-4H2,1-2H3. The van der Waals surface area contributed by atoms with E-state index in [9.17, 15) is 13.5 Å². The summed E-state index contributed by atoms with van der Waals surface area (Å²) in [5.74, 6) is 0.357. The zero-order chi connectivity index (χ0) is 13.9. The molecule has 1 aromatic rings. The van der Waals surface area contributed by atoms with E-state index in [2.05, 4.69) is 0 Å². The Hall–Kier alpha value is -0.530. The number of likely N-dealkylation sites (N-methyl/N-ethyl adjacent to an activating group) is 1. The first-order valence-electron chi connectivity index (χ1n) is 4.92. The minimum atomic E-state index is -3.87. The zero-order valence-electron chi connectivity index (χ0n) is 9.81. The van der Waals surface area contributed by atoms with Crippen LogP contribution in [0.15, 0.2) is 17.0 Å². The lowest BCUT2D eigenvalue weighted by Gasteiger charge is -2.17. The van der Waals surface area contributed by atoms with Crippen LogP contribution in [0.1, 0.15) is 0 Å². The van der Waals surface area contributed by atoms with Gasteiger partial charge in [0.25, 0.3) is 0 Å². The van der Waals surface area contributed by atoms with Crippen LogP contribution in [0.5, 0.6) is 5.75 Å². The van der Waals surface area contributed by atoms with E-state index in [0.717, 1.165) is 4.31 Å². The predicted molar refractivity (Wildman–Crippen MR) is 68.4 cm³/mol. The molecule has 0 unspecified atom stereocenters. The Morgan fingerprint density at radius 3 is 2.17 bits per heavy atom. The van der Waals surface area contributed by atoms with Gasteiger partial charge in [-0.05, 0) is 0 Å². The van der Waals surface area contributed by atoms with Crippen molar-refractivity contribution in [2.24, 2.45) is 0 Å². The van der Waals surface area contributed by atoms with E-state index in [1.54, 1.807) is 0 Å². The van der Waals surface area contributed by atoms with E-state index in [4.69, 9.17) is 27.9 Å². The molecule has 0 aliphatic rings. The summed E-state index contributed by atoms with van der Waals surface area (Å²) >= 11 is 11.8. The summed E-state index contributed by atoms with van der Waals surface area (Å²) in [4.78, 5) is -0.220. The van der Waals surface area contributed by atoms with Gasteiger partial charge in [-0.3, -0.25) is 0 Å². The van der Waals surface area contributed by atoms with Gasteiger partial charge in [-0.2, -0.15) is 4.31 Å². The second kappa shape index (κ2) is 6.08. The minimum Gasteiger partial charge on any atom is -0.497 e. The van der Waals surface area contributed by atoms with Crippen molar-refractivity contribution in [2.75, 3.05) is 27.3 Å². The lowest BCUT2D eigenvalue weighted by Crippen LogP contribution is -2.29. The Kier molecular flexibility index (Phi) is 5.24. The molecule has 18 heavy (non-hydrogen) atoms. The van der Waals surface area contributed by atoms with Crippen molar-refractivity contribution in [1.82, 2.24) is 4.31 Å². The molecule has 0 atom stereocenters. The van der Waals surface area contributed by atoms with E-state index in [1.165, 1.54) is 26.3 Å². The molecule has 0 bridgehead atoms. The van der Waals surface area contributed by atoms with Gasteiger partial charge in [0, 0.05) is 25.7 Å². The third-order valence-electron chi connectivity index (χ3n) is 2.28. The fraction of sp³-hybridized carbons (Fsp3) is 0.400. The highest BCUT2D eigenvalue weighted by Gasteiger charge is 2.27. The second-order valence-corrected chi connectivity index (χ2v) is 6.25. The molecule has 0 spiro atoms. The van der Waals surface area contributed by atoms with E-state index in [-0.39, 0.29) is 21.5 Å². The fourth-order valence-electron chi connectivity index (χ4n) is 1.31. The number of hydrogen-bond acceptors (Lipinski definition) is 3. The number of nitrogens with zero attached hydrogens (tertiary/aromatic N) is 1. The fourth-order valence-corrected chi connectivity index (χ4v) is 3.59. The SMILES string of the molecule is COc1cc(Cl)c(S(=O)(=O)N(C)CC[O])c(Cl)c1. The lowest BCUT2D eigenvalue weighted by atomic mass is 10.3. The van der Waals surface area contributed by atoms with Crippen LogP contribution >= 0.6 is 23.2 Å². The molecule has 0 fully saturated rings. The van der Waals surface area contributed by atoms with Crippen molar-refractivity contribution < 1.29 is 18.3 Å². The zero-order valence-corrected chi connectivity index (χ0v) is 12.1. The minimum absolute atomic E-state index is 0.0444. The van der Waals surface area contributed by atoms with Crippen LogP contribution in [-0.2, 0) is 15.1 Å². The summed E-state index contributed by atoms with van der Waals surface area (Å²) in [7, 11) is -1.16. The Morgan fingerprint density at radius 2 is 1.78 bits per heavy atom. The molecule has 0 heterocycles. The number of ether oxygens (including phenoxy) is 1. The van der Waals surface area contributed by atoms with Gasteiger partial charge in [-0.1, -0.05) is 23.2 Å². The molecular formula is C10H12Cl2NO4S. The van der Waals surface area contributed by atoms with Crippen molar-refractivity contribution in [3.63, 3.8) is 0 Å². The molecule has 0 aromatic heterocycles. The van der Waals surface area contributed by atoms with Gasteiger partial charge in [-0.15, -0.1) is 0 Å². The molecular weight excluding hydrogens is 301 g/mol. The second-order valence-electron chi connectivity index (χ2n) is 3.45. The summed E-state index contributed by atoms with van der Waals surface area (Å²) in [5.41, 5.74) is 0. The average molecular weight is 313 g/mol. The number of rotatable bonds is 5. The third-order valence-corrected chi connectivity index (χ3v) is 5.06. The summed E-state index contributed by atoms with van der Waals surface area (Å²) in [6.07, 6.45) is 0. The van der Waals surface area contributed by atoms with Crippen molar-refractivity contribution >= 4 is 33.2 Å². The van der Waals surface area contributed by atoms with E-state index in [0.29, 0.717) is 5.75 Å². The molecule has 0 amide bonds. The van der Waals surface area contributed by atoms with E-state index < -0.39 is 16.6 Å². The molecule has 101 valence electrons. The van der Waals surface area contributed by atoms with Gasteiger partial charge in [0.05, 0.1) is 23.8 Å². The highest BCUT2D eigenvalue weighted by molar-refractivity contribution is 7.89. The maximum Gasteiger partial charge on any atom is 0.245 e. The van der Waals surface area contributed by atoms with Crippen molar-refractivity contribution in [1.29, 1.82) is 0 Å². The largest absolute Gasteiger partial charge is 0.497 e. The van der Waals surface area contributed by atoms with Crippen LogP contribution in [0.3, 0.4) is 0 Å². The summed E-state index contributed by atoms with van der Waals surface area (Å²) in [5, 5.41) is 10.4. The number of halogens is 2. The number of sulfonamides is 1. The van der Waals surface area contributed by atoms with Crippen LogP contribution in [0.2, 0.25) is 10.0 Å². The molecule has 0 N–H and O–H groups in total. The van der Waals surface area contributed by atoms with Crippen LogP contribution in [0.4, 0.5) is 0 Å². The van der Waals surface area contributed by atoms with E-state index in [1.807, 2.05) is 0 Å². The quantitative estimate of drug-likeness (QED) is 0.835. The Labute approximate surface area is 116 Å². The molecule has 0 aliphatic carbocycles. The summed E-state index contributed by atoms with van der Waals surface area (Å²) in [6.45, 7) is -0.692. The highest BCUT2D eigenvalue weighted by Crippen LogP contribution is 2.35. The average Bonchev–Trinajstić information content (AvgIpc) is 2.27. The summed E-state index contributed by atoms with van der Waals surface area (Å²) < 4.78 is 30.1. The molecule has 8 heteroatoms. The van der Waals surface area contributed by atoms with Crippen LogP contribution in [-0.4, -0.2) is 40.0 Å². The lowest BCUT2D eigenvalue weighted by molar-refractivity contribution is 0.178. The molecule has 5 nitrogen and oxygen atoms in total. The van der Waals surface area contributed by atoms with Gasteiger partial charge in [-0.25, -0.2) is 13.5 Å². The van der Waals surface area contributed by atoms with Crippen LogP contribution in [0, 0.1) is 0 Å². The van der Waals surface area contributed by atoms with Crippen LogP contribution in [0.25, 0.3) is 0 Å². The Balaban J connectivity index is 3.33. The van der Waals surface area contributed by atoms with E-state index >= 15 is 0 Å². The first-order chi connectivity index (χ1) is 8.34. The molecule has 1 radical (unpaired) electrons. The topological polar surface area (TPSA) is 66.5 Å². The molecule has 0 saturated carbocycles. The maximum absolute atomic E-state index is 12.1. The third kappa shape index (κ3) is 3.07. The van der Waals surface area contributed by atoms with Crippen molar-refractivity contribution in [2.45, 2.75) is 4.90 Å². The number of methoxy groups -OCH3 is 1. The molecule has 1 aromatic carbocycles. The van der Waals surface area contributed by atoms with Crippen molar-refractivity contribution in [3.8, 4) is 5.75 Å². The summed E-state index contributed by atoms with van der Waals surface area (Å²) in [6, 6.07) is 2.71. The highest BCUT2D eigenvalue weighted by atomic mass is 35.5. The maximum atomic E-state index is 12.1. The normalized spacial score (nSPS) is 11.9.